The summed E-state index contributed by atoms with van der Waals surface area (Å²) in [5, 5.41) is 2.86. The van der Waals surface area contributed by atoms with Crippen molar-refractivity contribution in [3.05, 3.63) is 90.0 Å². The van der Waals surface area contributed by atoms with Gasteiger partial charge in [-0.05, 0) is 61.0 Å². The molecule has 1 N–H and O–H groups in total. The van der Waals surface area contributed by atoms with Crippen LogP contribution in [0, 0.1) is 0 Å². The largest absolute Gasteiger partial charge is 0.494 e. The second kappa shape index (κ2) is 9.45. The third kappa shape index (κ3) is 4.99. The maximum absolute atomic E-state index is 12.7. The molecule has 0 saturated carbocycles. The van der Waals surface area contributed by atoms with Crippen molar-refractivity contribution in [2.75, 3.05) is 18.0 Å². The van der Waals surface area contributed by atoms with Crippen LogP contribution in [0.25, 0.3) is 0 Å². The van der Waals surface area contributed by atoms with Crippen molar-refractivity contribution in [2.45, 2.75) is 18.4 Å². The number of anilines is 1. The topological polar surface area (TPSA) is 75.7 Å². The molecule has 0 bridgehead atoms. The number of ether oxygens (including phenoxy) is 1. The van der Waals surface area contributed by atoms with Gasteiger partial charge in [0.2, 0.25) is 0 Å². The van der Waals surface area contributed by atoms with Gasteiger partial charge in [-0.1, -0.05) is 30.3 Å². The highest BCUT2D eigenvalue weighted by atomic mass is 32.2. The van der Waals surface area contributed by atoms with Gasteiger partial charge in [0.25, 0.3) is 15.9 Å². The lowest BCUT2D eigenvalue weighted by molar-refractivity contribution is 0.0951. The molecule has 0 atom stereocenters. The number of hydrogen-bond acceptors (Lipinski definition) is 4. The molecule has 3 rings (SSSR count). The van der Waals surface area contributed by atoms with E-state index >= 15 is 0 Å². The van der Waals surface area contributed by atoms with Crippen LogP contribution in [0.5, 0.6) is 5.75 Å². The van der Waals surface area contributed by atoms with E-state index in [2.05, 4.69) is 5.32 Å². The summed E-state index contributed by atoms with van der Waals surface area (Å²) in [5.41, 5.74) is 1.85. The summed E-state index contributed by atoms with van der Waals surface area (Å²) in [6.45, 7) is 2.86. The van der Waals surface area contributed by atoms with Gasteiger partial charge in [0.1, 0.15) is 5.75 Å². The lowest BCUT2D eigenvalue weighted by Crippen LogP contribution is -2.27. The van der Waals surface area contributed by atoms with Gasteiger partial charge >= 0.3 is 0 Å². The Kier molecular flexibility index (Phi) is 6.74. The number of carbonyl (C=O) groups excluding carboxylic acids is 1. The van der Waals surface area contributed by atoms with Crippen LogP contribution in [-0.2, 0) is 16.6 Å². The first-order chi connectivity index (χ1) is 14.4. The summed E-state index contributed by atoms with van der Waals surface area (Å²) in [6.07, 6.45) is 0. The van der Waals surface area contributed by atoms with E-state index in [0.717, 1.165) is 11.3 Å². The molecular weight excluding hydrogens is 400 g/mol. The second-order valence-electron chi connectivity index (χ2n) is 6.60. The van der Waals surface area contributed by atoms with E-state index < -0.39 is 10.0 Å². The predicted molar refractivity (Wildman–Crippen MR) is 117 cm³/mol. The molecular formula is C23H24N2O4S. The summed E-state index contributed by atoms with van der Waals surface area (Å²) in [7, 11) is -2.17. The fourth-order valence-corrected chi connectivity index (χ4v) is 4.12. The molecule has 1 amide bonds. The highest BCUT2D eigenvalue weighted by Crippen LogP contribution is 2.22. The summed E-state index contributed by atoms with van der Waals surface area (Å²) in [4.78, 5) is 12.7. The minimum atomic E-state index is -3.66. The van der Waals surface area contributed by atoms with Gasteiger partial charge in [0.05, 0.1) is 17.2 Å². The van der Waals surface area contributed by atoms with E-state index in [0.29, 0.717) is 24.4 Å². The molecule has 0 aromatic heterocycles. The number of hydrogen-bond donors (Lipinski definition) is 1. The van der Waals surface area contributed by atoms with Gasteiger partial charge in [0, 0.05) is 19.2 Å². The first kappa shape index (κ1) is 21.4. The minimum absolute atomic E-state index is 0.212. The fourth-order valence-electron chi connectivity index (χ4n) is 2.91. The van der Waals surface area contributed by atoms with Crippen molar-refractivity contribution < 1.29 is 17.9 Å². The molecule has 0 unspecified atom stereocenters. The van der Waals surface area contributed by atoms with Crippen molar-refractivity contribution in [2.24, 2.45) is 0 Å². The maximum Gasteiger partial charge on any atom is 0.264 e. The molecule has 6 nitrogen and oxygen atoms in total. The molecule has 0 heterocycles. The molecule has 3 aromatic carbocycles. The molecule has 3 aromatic rings. The van der Waals surface area contributed by atoms with E-state index in [1.165, 1.54) is 11.4 Å². The molecule has 0 saturated heterocycles. The lowest BCUT2D eigenvalue weighted by atomic mass is 10.1. The Hall–Kier alpha value is -3.32. The number of carbonyl (C=O) groups is 1. The number of amides is 1. The smallest absolute Gasteiger partial charge is 0.264 e. The second-order valence-corrected chi connectivity index (χ2v) is 8.56. The van der Waals surface area contributed by atoms with Gasteiger partial charge in [-0.25, -0.2) is 8.42 Å². The van der Waals surface area contributed by atoms with Crippen molar-refractivity contribution in [3.63, 3.8) is 0 Å². The average molecular weight is 425 g/mol. The molecule has 0 aliphatic rings. The molecule has 0 radical (unpaired) electrons. The van der Waals surface area contributed by atoms with Crippen LogP contribution in [0.2, 0.25) is 0 Å². The van der Waals surface area contributed by atoms with Gasteiger partial charge in [-0.2, -0.15) is 0 Å². The molecule has 0 fully saturated rings. The van der Waals surface area contributed by atoms with Crippen molar-refractivity contribution >= 4 is 21.6 Å². The molecule has 30 heavy (non-hydrogen) atoms. The Morgan fingerprint density at radius 1 is 0.967 bits per heavy atom. The van der Waals surface area contributed by atoms with Gasteiger partial charge in [-0.3, -0.25) is 9.10 Å². The Morgan fingerprint density at radius 2 is 1.67 bits per heavy atom. The number of sulfonamides is 1. The Labute approximate surface area is 177 Å². The van der Waals surface area contributed by atoms with Crippen molar-refractivity contribution in [1.29, 1.82) is 0 Å². The summed E-state index contributed by atoms with van der Waals surface area (Å²) < 4.78 is 32.1. The highest BCUT2D eigenvalue weighted by Gasteiger charge is 2.21. The van der Waals surface area contributed by atoms with Crippen LogP contribution in [0.4, 0.5) is 5.69 Å². The molecule has 0 spiro atoms. The van der Waals surface area contributed by atoms with Gasteiger partial charge in [-0.15, -0.1) is 0 Å². The maximum atomic E-state index is 12.7. The molecule has 0 aliphatic carbocycles. The first-order valence-corrected chi connectivity index (χ1v) is 11.0. The summed E-state index contributed by atoms with van der Waals surface area (Å²) in [6, 6.07) is 22.2. The average Bonchev–Trinajstić information content (AvgIpc) is 2.78. The van der Waals surface area contributed by atoms with E-state index in [-0.39, 0.29) is 10.8 Å². The van der Waals surface area contributed by atoms with Crippen LogP contribution in [0.1, 0.15) is 22.8 Å². The van der Waals surface area contributed by atoms with E-state index in [4.69, 9.17) is 4.74 Å². The SMILES string of the molecule is CCOc1cccc(CNC(=O)c2ccc(N(C)S(=O)(=O)c3ccccc3)cc2)c1. The van der Waals surface area contributed by atoms with Crippen LogP contribution in [-0.4, -0.2) is 28.0 Å². The third-order valence-electron chi connectivity index (χ3n) is 4.56. The molecule has 0 aliphatic heterocycles. The van der Waals surface area contributed by atoms with Crippen LogP contribution < -0.4 is 14.4 Å². The van der Waals surface area contributed by atoms with Crippen LogP contribution >= 0.6 is 0 Å². The Morgan fingerprint density at radius 3 is 2.33 bits per heavy atom. The fraction of sp³-hybridized carbons (Fsp3) is 0.174. The monoisotopic (exact) mass is 424 g/mol. The van der Waals surface area contributed by atoms with Gasteiger partial charge in [0.15, 0.2) is 0 Å². The van der Waals surface area contributed by atoms with E-state index in [9.17, 15) is 13.2 Å². The number of benzene rings is 3. The zero-order valence-electron chi connectivity index (χ0n) is 16.9. The Balaban J connectivity index is 1.66. The highest BCUT2D eigenvalue weighted by molar-refractivity contribution is 7.92. The number of nitrogens with zero attached hydrogens (tertiary/aromatic N) is 1. The van der Waals surface area contributed by atoms with Gasteiger partial charge < -0.3 is 10.1 Å². The summed E-state index contributed by atoms with van der Waals surface area (Å²) >= 11 is 0. The van der Waals surface area contributed by atoms with Crippen LogP contribution in [0.15, 0.2) is 83.8 Å². The lowest BCUT2D eigenvalue weighted by Gasteiger charge is -2.19. The van der Waals surface area contributed by atoms with E-state index in [1.54, 1.807) is 54.6 Å². The quantitative estimate of drug-likeness (QED) is 0.596. The first-order valence-electron chi connectivity index (χ1n) is 9.56. The number of nitrogens with one attached hydrogen (secondary N) is 1. The Bertz CT molecular complexity index is 1100. The zero-order chi connectivity index (χ0) is 21.6. The molecule has 156 valence electrons. The van der Waals surface area contributed by atoms with Crippen molar-refractivity contribution in [3.8, 4) is 5.75 Å². The number of rotatable bonds is 8. The van der Waals surface area contributed by atoms with E-state index in [1.807, 2.05) is 31.2 Å². The van der Waals surface area contributed by atoms with Crippen LogP contribution in [0.3, 0.4) is 0 Å². The molecule has 7 heteroatoms. The minimum Gasteiger partial charge on any atom is -0.494 e. The van der Waals surface area contributed by atoms with Crippen molar-refractivity contribution in [1.82, 2.24) is 5.32 Å². The normalized spacial score (nSPS) is 11.0. The summed E-state index contributed by atoms with van der Waals surface area (Å²) in [5.74, 6) is 0.521. The zero-order valence-corrected chi connectivity index (χ0v) is 17.7. The predicted octanol–water partition coefficient (Wildman–Crippen LogP) is 3.84. The third-order valence-corrected chi connectivity index (χ3v) is 6.36. The standard InChI is InChI=1S/C23H24N2O4S/c1-3-29-21-9-7-8-18(16-21)17-24-23(26)19-12-14-20(15-13-19)25(2)30(27,28)22-10-5-4-6-11-22/h4-16H,3,17H2,1-2H3,(H,24,26).